The average molecular weight is 432 g/mol. The van der Waals surface area contributed by atoms with Crippen LogP contribution in [0.25, 0.3) is 5.69 Å². The highest BCUT2D eigenvalue weighted by atomic mass is 32.2. The molecule has 29 heavy (non-hydrogen) atoms. The molecule has 2 aromatic rings. The Morgan fingerprint density at radius 3 is 2.69 bits per heavy atom. The SMILES string of the molecule is CS(=O)(=O)N[C@@H]1CCCN(C(=O)Nc2ccc(-n3cncn3)cc2C(F)(F)F)C1. The number of nitrogens with zero attached hydrogens (tertiary/aromatic N) is 4. The maximum absolute atomic E-state index is 13.5. The monoisotopic (exact) mass is 432 g/mol. The summed E-state index contributed by atoms with van der Waals surface area (Å²) >= 11 is 0. The highest BCUT2D eigenvalue weighted by molar-refractivity contribution is 7.88. The molecule has 1 fully saturated rings. The van der Waals surface area contributed by atoms with Gasteiger partial charge in [-0.1, -0.05) is 0 Å². The number of hydrogen-bond donors (Lipinski definition) is 2. The molecule has 13 heteroatoms. The van der Waals surface area contributed by atoms with Gasteiger partial charge in [-0.25, -0.2) is 27.6 Å². The van der Waals surface area contributed by atoms with Crippen molar-refractivity contribution in [1.82, 2.24) is 24.4 Å². The van der Waals surface area contributed by atoms with E-state index in [9.17, 15) is 26.4 Å². The number of halogens is 3. The number of rotatable bonds is 4. The second kappa shape index (κ2) is 7.99. The Morgan fingerprint density at radius 2 is 2.07 bits per heavy atom. The molecule has 1 atom stereocenters. The number of likely N-dealkylation sites (tertiary alicyclic amines) is 1. The van der Waals surface area contributed by atoms with Gasteiger partial charge in [-0.2, -0.15) is 18.3 Å². The Kier molecular flexibility index (Phi) is 5.80. The minimum absolute atomic E-state index is 0.0668. The fraction of sp³-hybridized carbons (Fsp3) is 0.438. The van der Waals surface area contributed by atoms with E-state index in [1.54, 1.807) is 0 Å². The van der Waals surface area contributed by atoms with Crippen LogP contribution in [-0.2, 0) is 16.2 Å². The lowest BCUT2D eigenvalue weighted by atomic mass is 10.1. The molecule has 0 aliphatic carbocycles. The van der Waals surface area contributed by atoms with E-state index in [0.29, 0.717) is 19.4 Å². The first-order valence-corrected chi connectivity index (χ1v) is 10.5. The summed E-state index contributed by atoms with van der Waals surface area (Å²) in [6.07, 6.45) is -0.175. The Balaban J connectivity index is 1.79. The van der Waals surface area contributed by atoms with Gasteiger partial charge in [0.25, 0.3) is 0 Å². The van der Waals surface area contributed by atoms with E-state index < -0.39 is 39.5 Å². The Morgan fingerprint density at radius 1 is 1.31 bits per heavy atom. The van der Waals surface area contributed by atoms with Crippen LogP contribution >= 0.6 is 0 Å². The number of amides is 2. The van der Waals surface area contributed by atoms with Crippen LogP contribution in [0.15, 0.2) is 30.9 Å². The second-order valence-electron chi connectivity index (χ2n) is 6.67. The lowest BCUT2D eigenvalue weighted by molar-refractivity contribution is -0.136. The smallest absolute Gasteiger partial charge is 0.323 e. The number of alkyl halides is 3. The van der Waals surface area contributed by atoms with Gasteiger partial charge in [-0.3, -0.25) is 0 Å². The fourth-order valence-electron chi connectivity index (χ4n) is 3.11. The van der Waals surface area contributed by atoms with Gasteiger partial charge in [0.1, 0.15) is 12.7 Å². The molecular formula is C16H19F3N6O3S. The van der Waals surface area contributed by atoms with Gasteiger partial charge >= 0.3 is 12.2 Å². The van der Waals surface area contributed by atoms with E-state index in [0.717, 1.165) is 18.4 Å². The quantitative estimate of drug-likeness (QED) is 0.766. The van der Waals surface area contributed by atoms with Gasteiger partial charge in [-0.15, -0.1) is 0 Å². The van der Waals surface area contributed by atoms with E-state index in [2.05, 4.69) is 20.1 Å². The summed E-state index contributed by atoms with van der Waals surface area (Å²) in [7, 11) is -3.45. The zero-order valence-electron chi connectivity index (χ0n) is 15.3. The van der Waals surface area contributed by atoms with Crippen LogP contribution in [0.5, 0.6) is 0 Å². The third-order valence-electron chi connectivity index (χ3n) is 4.32. The maximum Gasteiger partial charge on any atom is 0.418 e. The van der Waals surface area contributed by atoms with E-state index in [-0.39, 0.29) is 12.2 Å². The normalized spacial score (nSPS) is 17.9. The van der Waals surface area contributed by atoms with Gasteiger partial charge in [-0.05, 0) is 31.0 Å². The van der Waals surface area contributed by atoms with Crippen LogP contribution in [0.4, 0.5) is 23.7 Å². The van der Waals surface area contributed by atoms with Crippen LogP contribution in [0.3, 0.4) is 0 Å². The van der Waals surface area contributed by atoms with E-state index >= 15 is 0 Å². The minimum Gasteiger partial charge on any atom is -0.323 e. The molecule has 9 nitrogen and oxygen atoms in total. The topological polar surface area (TPSA) is 109 Å². The first kappa shape index (κ1) is 21.0. The molecular weight excluding hydrogens is 413 g/mol. The number of benzene rings is 1. The molecule has 1 aliphatic rings. The predicted octanol–water partition coefficient (Wildman–Crippen LogP) is 1.83. The van der Waals surface area contributed by atoms with E-state index in [1.165, 1.54) is 28.3 Å². The van der Waals surface area contributed by atoms with Crippen molar-refractivity contribution < 1.29 is 26.4 Å². The van der Waals surface area contributed by atoms with Gasteiger partial charge in [0.15, 0.2) is 0 Å². The van der Waals surface area contributed by atoms with Crippen molar-refractivity contribution in [1.29, 1.82) is 0 Å². The molecule has 1 aliphatic heterocycles. The van der Waals surface area contributed by atoms with Gasteiger partial charge < -0.3 is 10.2 Å². The molecule has 2 N–H and O–H groups in total. The summed E-state index contributed by atoms with van der Waals surface area (Å²) in [5, 5.41) is 6.08. The van der Waals surface area contributed by atoms with Gasteiger partial charge in [0, 0.05) is 19.1 Å². The Bertz CT molecular complexity index is 978. The maximum atomic E-state index is 13.5. The summed E-state index contributed by atoms with van der Waals surface area (Å²) in [6, 6.07) is 2.18. The number of piperidine rings is 1. The lowest BCUT2D eigenvalue weighted by Crippen LogP contribution is -2.50. The average Bonchev–Trinajstić information content (AvgIpc) is 3.14. The standard InChI is InChI=1S/C16H19F3N6O3S/c1-29(27,28)23-11-3-2-6-24(8-11)15(26)22-14-5-4-12(25-10-20-9-21-25)7-13(14)16(17,18)19/h4-5,7,9-11,23H,2-3,6,8H2,1H3,(H,22,26)/t11-/m1/s1. The summed E-state index contributed by atoms with van der Waals surface area (Å²) in [5.74, 6) is 0. The number of aromatic nitrogens is 3. The second-order valence-corrected chi connectivity index (χ2v) is 8.45. The summed E-state index contributed by atoms with van der Waals surface area (Å²) in [4.78, 5) is 17.5. The van der Waals surface area contributed by atoms with Gasteiger partial charge in [0.05, 0.1) is 23.2 Å². The highest BCUT2D eigenvalue weighted by Crippen LogP contribution is 2.36. The minimum atomic E-state index is -4.71. The van der Waals surface area contributed by atoms with Crippen LogP contribution in [0.2, 0.25) is 0 Å². The number of sulfonamides is 1. The molecule has 2 heterocycles. The van der Waals surface area contributed by atoms with Crippen molar-refractivity contribution in [3.05, 3.63) is 36.4 Å². The number of carbonyl (C=O) groups excluding carboxylic acids is 1. The largest absolute Gasteiger partial charge is 0.418 e. The molecule has 3 rings (SSSR count). The van der Waals surface area contributed by atoms with Crippen molar-refractivity contribution in [2.24, 2.45) is 0 Å². The molecule has 158 valence electrons. The lowest BCUT2D eigenvalue weighted by Gasteiger charge is -2.33. The van der Waals surface area contributed by atoms with Crippen molar-refractivity contribution >= 4 is 21.7 Å². The molecule has 1 aromatic heterocycles. The Hall–Kier alpha value is -2.67. The highest BCUT2D eigenvalue weighted by Gasteiger charge is 2.35. The Labute approximate surface area is 165 Å². The third-order valence-corrected chi connectivity index (χ3v) is 5.08. The molecule has 0 saturated carbocycles. The number of hydrogen-bond acceptors (Lipinski definition) is 5. The molecule has 1 aromatic carbocycles. The zero-order chi connectivity index (χ0) is 21.2. The number of anilines is 1. The summed E-state index contributed by atoms with van der Waals surface area (Å²) in [5.41, 5.74) is -1.28. The van der Waals surface area contributed by atoms with E-state index in [4.69, 9.17) is 0 Å². The summed E-state index contributed by atoms with van der Waals surface area (Å²) in [6.45, 7) is 0.378. The first-order valence-electron chi connectivity index (χ1n) is 8.62. The van der Waals surface area contributed by atoms with Crippen LogP contribution in [0, 0.1) is 0 Å². The number of urea groups is 1. The molecule has 0 unspecified atom stereocenters. The third kappa shape index (κ3) is 5.44. The van der Waals surface area contributed by atoms with Crippen LogP contribution in [-0.4, -0.2) is 59.5 Å². The van der Waals surface area contributed by atoms with Gasteiger partial charge in [0.2, 0.25) is 10.0 Å². The molecule has 0 radical (unpaired) electrons. The molecule has 0 bridgehead atoms. The molecule has 1 saturated heterocycles. The molecule has 0 spiro atoms. The van der Waals surface area contributed by atoms with Crippen molar-refractivity contribution in [2.75, 3.05) is 24.7 Å². The number of carbonyl (C=O) groups is 1. The first-order chi connectivity index (χ1) is 13.5. The van der Waals surface area contributed by atoms with Crippen LogP contribution in [0.1, 0.15) is 18.4 Å². The van der Waals surface area contributed by atoms with E-state index in [1.807, 2.05) is 0 Å². The predicted molar refractivity (Wildman–Crippen MR) is 98.0 cm³/mol. The number of nitrogens with one attached hydrogen (secondary N) is 2. The zero-order valence-corrected chi connectivity index (χ0v) is 16.2. The van der Waals surface area contributed by atoms with Crippen molar-refractivity contribution in [3.63, 3.8) is 0 Å². The van der Waals surface area contributed by atoms with Crippen LogP contribution < -0.4 is 10.0 Å². The summed E-state index contributed by atoms with van der Waals surface area (Å²) < 4.78 is 66.9. The fourth-order valence-corrected chi connectivity index (χ4v) is 3.91. The van der Waals surface area contributed by atoms with Crippen molar-refractivity contribution in [3.8, 4) is 5.69 Å². The van der Waals surface area contributed by atoms with Crippen molar-refractivity contribution in [2.45, 2.75) is 25.1 Å². The molecule has 2 amide bonds.